The first-order valence-corrected chi connectivity index (χ1v) is 6.70. The van der Waals surface area contributed by atoms with Crippen LogP contribution in [0.2, 0.25) is 0 Å². The second-order valence-electron chi connectivity index (χ2n) is 5.90. The van der Waals surface area contributed by atoms with E-state index in [0.29, 0.717) is 25.0 Å². The third-order valence-electron chi connectivity index (χ3n) is 2.47. The van der Waals surface area contributed by atoms with Crippen LogP contribution in [0.4, 0.5) is 5.95 Å². The number of hydrogen-bond acceptors (Lipinski definition) is 5. The topological polar surface area (TPSA) is 67.3 Å². The Bertz CT molecular complexity index is 402. The van der Waals surface area contributed by atoms with E-state index in [-0.39, 0.29) is 5.41 Å². The SMILES string of the molecule is CCOc1cc(C)nc(NCC(O)CC(C)(C)C)n1. The number of aliphatic hydroxyl groups is 1. The van der Waals surface area contributed by atoms with Gasteiger partial charge in [-0.1, -0.05) is 20.8 Å². The summed E-state index contributed by atoms with van der Waals surface area (Å²) in [6, 6.07) is 1.79. The number of ether oxygens (including phenoxy) is 1. The van der Waals surface area contributed by atoms with Gasteiger partial charge in [0.15, 0.2) is 0 Å². The zero-order valence-corrected chi connectivity index (χ0v) is 12.5. The van der Waals surface area contributed by atoms with Gasteiger partial charge in [0.25, 0.3) is 0 Å². The number of aromatic nitrogens is 2. The average molecular weight is 267 g/mol. The van der Waals surface area contributed by atoms with E-state index < -0.39 is 6.10 Å². The molecule has 1 heterocycles. The molecule has 1 atom stereocenters. The van der Waals surface area contributed by atoms with Crippen molar-refractivity contribution in [2.24, 2.45) is 5.41 Å². The molecular weight excluding hydrogens is 242 g/mol. The van der Waals surface area contributed by atoms with Crippen molar-refractivity contribution in [3.63, 3.8) is 0 Å². The van der Waals surface area contributed by atoms with Gasteiger partial charge >= 0.3 is 0 Å². The Morgan fingerprint density at radius 3 is 2.63 bits per heavy atom. The Hall–Kier alpha value is -1.36. The molecule has 1 unspecified atom stereocenters. The second-order valence-corrected chi connectivity index (χ2v) is 5.90. The van der Waals surface area contributed by atoms with Crippen LogP contribution in [0.3, 0.4) is 0 Å². The monoisotopic (exact) mass is 267 g/mol. The quantitative estimate of drug-likeness (QED) is 0.828. The zero-order chi connectivity index (χ0) is 14.5. The normalized spacial score (nSPS) is 13.2. The second kappa shape index (κ2) is 6.70. The van der Waals surface area contributed by atoms with Gasteiger partial charge in [-0.05, 0) is 25.7 Å². The first kappa shape index (κ1) is 15.7. The van der Waals surface area contributed by atoms with Crippen LogP contribution in [-0.2, 0) is 0 Å². The standard InChI is InChI=1S/C14H25N3O2/c1-6-19-12-7-10(2)16-13(17-12)15-9-11(18)8-14(3,4)5/h7,11,18H,6,8-9H2,1-5H3,(H,15,16,17). The highest BCUT2D eigenvalue weighted by molar-refractivity contribution is 5.30. The molecule has 0 radical (unpaired) electrons. The molecule has 0 fully saturated rings. The van der Waals surface area contributed by atoms with E-state index in [4.69, 9.17) is 4.74 Å². The van der Waals surface area contributed by atoms with E-state index in [1.807, 2.05) is 13.8 Å². The maximum Gasteiger partial charge on any atom is 0.226 e. The first-order valence-electron chi connectivity index (χ1n) is 6.70. The zero-order valence-electron chi connectivity index (χ0n) is 12.5. The molecule has 108 valence electrons. The van der Waals surface area contributed by atoms with E-state index in [0.717, 1.165) is 12.1 Å². The minimum atomic E-state index is -0.417. The molecule has 0 aliphatic heterocycles. The Morgan fingerprint density at radius 1 is 1.37 bits per heavy atom. The van der Waals surface area contributed by atoms with Crippen molar-refractivity contribution < 1.29 is 9.84 Å². The van der Waals surface area contributed by atoms with Crippen molar-refractivity contribution in [1.29, 1.82) is 0 Å². The van der Waals surface area contributed by atoms with Crippen molar-refractivity contribution in [3.05, 3.63) is 11.8 Å². The molecule has 19 heavy (non-hydrogen) atoms. The van der Waals surface area contributed by atoms with Crippen molar-refractivity contribution in [2.75, 3.05) is 18.5 Å². The highest BCUT2D eigenvalue weighted by atomic mass is 16.5. The lowest BCUT2D eigenvalue weighted by Gasteiger charge is -2.22. The lowest BCUT2D eigenvalue weighted by atomic mass is 9.89. The number of aliphatic hydroxyl groups excluding tert-OH is 1. The molecule has 0 aliphatic rings. The van der Waals surface area contributed by atoms with Crippen LogP contribution in [0.15, 0.2) is 6.07 Å². The van der Waals surface area contributed by atoms with Crippen molar-refractivity contribution in [1.82, 2.24) is 9.97 Å². The molecule has 1 aromatic rings. The number of aryl methyl sites for hydroxylation is 1. The minimum Gasteiger partial charge on any atom is -0.478 e. The van der Waals surface area contributed by atoms with Crippen molar-refractivity contribution in [2.45, 2.75) is 47.1 Å². The summed E-state index contributed by atoms with van der Waals surface area (Å²) in [7, 11) is 0. The van der Waals surface area contributed by atoms with Crippen LogP contribution in [0.1, 0.15) is 39.8 Å². The largest absolute Gasteiger partial charge is 0.478 e. The molecule has 0 spiro atoms. The maximum atomic E-state index is 9.94. The average Bonchev–Trinajstić information content (AvgIpc) is 2.24. The van der Waals surface area contributed by atoms with Gasteiger partial charge in [-0.15, -0.1) is 0 Å². The predicted molar refractivity (Wildman–Crippen MR) is 76.5 cm³/mol. The van der Waals surface area contributed by atoms with E-state index >= 15 is 0 Å². The molecule has 5 heteroatoms. The van der Waals surface area contributed by atoms with Gasteiger partial charge in [0.05, 0.1) is 12.7 Å². The van der Waals surface area contributed by atoms with Gasteiger partial charge < -0.3 is 15.2 Å². The number of nitrogens with zero attached hydrogens (tertiary/aromatic N) is 2. The summed E-state index contributed by atoms with van der Waals surface area (Å²) in [5, 5.41) is 13.0. The van der Waals surface area contributed by atoms with Crippen LogP contribution >= 0.6 is 0 Å². The van der Waals surface area contributed by atoms with Gasteiger partial charge in [-0.25, -0.2) is 4.98 Å². The molecule has 5 nitrogen and oxygen atoms in total. The van der Waals surface area contributed by atoms with Gasteiger partial charge in [0.1, 0.15) is 0 Å². The summed E-state index contributed by atoms with van der Waals surface area (Å²) in [6.07, 6.45) is 0.309. The van der Waals surface area contributed by atoms with Crippen LogP contribution in [0.5, 0.6) is 5.88 Å². The fourth-order valence-electron chi connectivity index (χ4n) is 1.83. The van der Waals surface area contributed by atoms with Gasteiger partial charge in [-0.2, -0.15) is 4.98 Å². The van der Waals surface area contributed by atoms with Gasteiger partial charge in [0, 0.05) is 18.3 Å². The fourth-order valence-corrected chi connectivity index (χ4v) is 1.83. The Balaban J connectivity index is 2.57. The molecule has 0 aromatic carbocycles. The van der Waals surface area contributed by atoms with Gasteiger partial charge in [0.2, 0.25) is 11.8 Å². The summed E-state index contributed by atoms with van der Waals surface area (Å²) in [5.74, 6) is 1.05. The highest BCUT2D eigenvalue weighted by Crippen LogP contribution is 2.21. The number of rotatable bonds is 6. The summed E-state index contributed by atoms with van der Waals surface area (Å²) in [4.78, 5) is 8.51. The van der Waals surface area contributed by atoms with E-state index in [2.05, 4.69) is 36.1 Å². The number of nitrogens with one attached hydrogen (secondary N) is 1. The lowest BCUT2D eigenvalue weighted by molar-refractivity contribution is 0.132. The smallest absolute Gasteiger partial charge is 0.226 e. The fraction of sp³-hybridized carbons (Fsp3) is 0.714. The third-order valence-corrected chi connectivity index (χ3v) is 2.47. The van der Waals surface area contributed by atoms with E-state index in [1.165, 1.54) is 0 Å². The number of hydrogen-bond donors (Lipinski definition) is 2. The van der Waals surface area contributed by atoms with Crippen LogP contribution in [-0.4, -0.2) is 34.3 Å². The van der Waals surface area contributed by atoms with E-state index in [1.54, 1.807) is 6.07 Å². The minimum absolute atomic E-state index is 0.102. The van der Waals surface area contributed by atoms with Crippen molar-refractivity contribution >= 4 is 5.95 Å². The van der Waals surface area contributed by atoms with Crippen LogP contribution in [0, 0.1) is 12.3 Å². The summed E-state index contributed by atoms with van der Waals surface area (Å²) >= 11 is 0. The van der Waals surface area contributed by atoms with Crippen LogP contribution in [0.25, 0.3) is 0 Å². The van der Waals surface area contributed by atoms with E-state index in [9.17, 15) is 5.11 Å². The first-order chi connectivity index (χ1) is 8.80. The summed E-state index contributed by atoms with van der Waals surface area (Å²) in [5.41, 5.74) is 0.941. The van der Waals surface area contributed by atoms with Gasteiger partial charge in [-0.3, -0.25) is 0 Å². The third kappa shape index (κ3) is 6.38. The summed E-state index contributed by atoms with van der Waals surface area (Å²) in [6.45, 7) is 11.1. The maximum absolute atomic E-state index is 9.94. The van der Waals surface area contributed by atoms with Crippen molar-refractivity contribution in [3.8, 4) is 5.88 Å². The summed E-state index contributed by atoms with van der Waals surface area (Å²) < 4.78 is 5.36. The molecular formula is C14H25N3O2. The highest BCUT2D eigenvalue weighted by Gasteiger charge is 2.16. The molecule has 2 N–H and O–H groups in total. The molecule has 1 aromatic heterocycles. The Kier molecular flexibility index (Phi) is 5.54. The molecule has 1 rings (SSSR count). The Labute approximate surface area is 115 Å². The lowest BCUT2D eigenvalue weighted by Crippen LogP contribution is -2.25. The number of anilines is 1. The molecule has 0 bridgehead atoms. The molecule has 0 saturated heterocycles. The molecule has 0 amide bonds. The molecule has 0 aliphatic carbocycles. The van der Waals surface area contributed by atoms with Crippen LogP contribution < -0.4 is 10.1 Å². The molecule has 0 saturated carbocycles. The Morgan fingerprint density at radius 2 is 2.05 bits per heavy atom. The predicted octanol–water partition coefficient (Wildman–Crippen LogP) is 2.39.